The van der Waals surface area contributed by atoms with Gasteiger partial charge in [0, 0.05) is 37.2 Å². The summed E-state index contributed by atoms with van der Waals surface area (Å²) in [4.78, 5) is 22.0. The summed E-state index contributed by atoms with van der Waals surface area (Å²) in [6, 6.07) is 9.94. The molecule has 2 aliphatic rings. The summed E-state index contributed by atoms with van der Waals surface area (Å²) in [7, 11) is 0. The summed E-state index contributed by atoms with van der Waals surface area (Å²) in [5, 5.41) is 5.79. The van der Waals surface area contributed by atoms with Gasteiger partial charge in [0.05, 0.1) is 56.2 Å². The molecule has 0 spiro atoms. The molecule has 2 aromatic heterocycles. The van der Waals surface area contributed by atoms with E-state index in [0.717, 1.165) is 72.9 Å². The first-order valence-electron chi connectivity index (χ1n) is 10.8. The van der Waals surface area contributed by atoms with Gasteiger partial charge in [-0.25, -0.2) is 4.98 Å². The molecule has 1 N–H and O–H groups in total. The van der Waals surface area contributed by atoms with Crippen LogP contribution in [0, 0.1) is 0 Å². The van der Waals surface area contributed by atoms with E-state index in [2.05, 4.69) is 32.2 Å². The number of carbonyl (C=O) groups excluding carboxylic acids is 1. The largest absolute Gasteiger partial charge is 0.462 e. The molecule has 4 heterocycles. The summed E-state index contributed by atoms with van der Waals surface area (Å²) in [6.45, 7) is 6.18. The molecule has 168 valence electrons. The number of hydrogen-bond donors (Lipinski definition) is 1. The van der Waals surface area contributed by atoms with Crippen molar-refractivity contribution in [1.29, 1.82) is 0 Å². The Labute approximate surface area is 190 Å². The molecule has 0 aliphatic carbocycles. The van der Waals surface area contributed by atoms with Crippen molar-refractivity contribution >= 4 is 34.3 Å². The molecule has 0 atom stereocenters. The number of hydrogen-bond acceptors (Lipinski definition) is 8. The molecule has 3 aromatic rings. The third kappa shape index (κ3) is 4.79. The van der Waals surface area contributed by atoms with Crippen molar-refractivity contribution in [2.75, 3.05) is 67.7 Å². The highest BCUT2D eigenvalue weighted by Crippen LogP contribution is 2.32. The van der Waals surface area contributed by atoms with E-state index in [4.69, 9.17) is 13.9 Å². The fraction of sp³-hybridized carbons (Fsp3) is 0.391. The van der Waals surface area contributed by atoms with Crippen molar-refractivity contribution in [3.63, 3.8) is 0 Å². The monoisotopic (exact) mass is 454 g/mol. The van der Waals surface area contributed by atoms with Crippen LogP contribution in [-0.4, -0.2) is 63.5 Å². The maximum atomic E-state index is 12.9. The van der Waals surface area contributed by atoms with E-state index in [-0.39, 0.29) is 12.3 Å². The van der Waals surface area contributed by atoms with E-state index in [1.807, 2.05) is 23.6 Å². The molecule has 1 amide bonds. The predicted molar refractivity (Wildman–Crippen MR) is 125 cm³/mol. The molecule has 2 fully saturated rings. The number of aromatic nitrogens is 1. The van der Waals surface area contributed by atoms with E-state index in [1.165, 1.54) is 11.3 Å². The zero-order chi connectivity index (χ0) is 21.8. The van der Waals surface area contributed by atoms with Gasteiger partial charge in [0.15, 0.2) is 10.8 Å². The second kappa shape index (κ2) is 9.72. The third-order valence-electron chi connectivity index (χ3n) is 5.61. The minimum Gasteiger partial charge on any atom is -0.462 e. The van der Waals surface area contributed by atoms with Gasteiger partial charge < -0.3 is 29.0 Å². The summed E-state index contributed by atoms with van der Waals surface area (Å²) in [5.74, 6) is 0.630. The summed E-state index contributed by atoms with van der Waals surface area (Å²) < 4.78 is 16.4. The number of thiazole rings is 1. The Balaban J connectivity index is 1.32. The third-order valence-corrected chi connectivity index (χ3v) is 6.51. The maximum absolute atomic E-state index is 12.9. The van der Waals surface area contributed by atoms with Crippen LogP contribution < -0.4 is 15.1 Å². The van der Waals surface area contributed by atoms with Crippen molar-refractivity contribution in [2.45, 2.75) is 6.42 Å². The zero-order valence-corrected chi connectivity index (χ0v) is 18.6. The van der Waals surface area contributed by atoms with Gasteiger partial charge in [-0.2, -0.15) is 0 Å². The van der Waals surface area contributed by atoms with Crippen LogP contribution in [0.4, 0.5) is 17.1 Å². The number of carbonyl (C=O) groups is 1. The molecule has 0 radical (unpaired) electrons. The SMILES string of the molecule is O=C(Cc1csc(-c2ccco2)n1)Nc1ccc(N2CCOCC2)cc1N1CCOCC1. The predicted octanol–water partition coefficient (Wildman–Crippen LogP) is 3.26. The molecule has 1 aromatic carbocycles. The number of benzene rings is 1. The zero-order valence-electron chi connectivity index (χ0n) is 17.8. The average molecular weight is 455 g/mol. The lowest BCUT2D eigenvalue weighted by Crippen LogP contribution is -2.38. The number of amides is 1. The smallest absolute Gasteiger partial charge is 0.230 e. The van der Waals surface area contributed by atoms with E-state index in [9.17, 15) is 4.79 Å². The van der Waals surface area contributed by atoms with E-state index >= 15 is 0 Å². The molecule has 0 unspecified atom stereocenters. The number of morpholine rings is 2. The number of anilines is 3. The highest BCUT2D eigenvalue weighted by Gasteiger charge is 2.20. The van der Waals surface area contributed by atoms with Crippen LogP contribution in [0.2, 0.25) is 0 Å². The van der Waals surface area contributed by atoms with Crippen LogP contribution in [0.3, 0.4) is 0 Å². The highest BCUT2D eigenvalue weighted by atomic mass is 32.1. The maximum Gasteiger partial charge on any atom is 0.230 e. The quantitative estimate of drug-likeness (QED) is 0.612. The normalized spacial score (nSPS) is 16.9. The van der Waals surface area contributed by atoms with Gasteiger partial charge >= 0.3 is 0 Å². The molecule has 0 saturated carbocycles. The Bertz CT molecular complexity index is 1040. The molecular formula is C23H26N4O4S. The number of rotatable bonds is 6. The number of furan rings is 1. The molecule has 8 nitrogen and oxygen atoms in total. The standard InChI is InChI=1S/C23H26N4O4S/c28-22(14-17-16-32-23(24-17)21-2-1-9-31-21)25-19-4-3-18(26-5-10-29-11-6-26)15-20(19)27-7-12-30-13-8-27/h1-4,9,15-16H,5-8,10-14H2,(H,25,28). The lowest BCUT2D eigenvalue weighted by Gasteiger charge is -2.33. The van der Waals surface area contributed by atoms with Crippen molar-refractivity contribution < 1.29 is 18.7 Å². The van der Waals surface area contributed by atoms with E-state index in [0.29, 0.717) is 13.2 Å². The van der Waals surface area contributed by atoms with Gasteiger partial charge in [-0.3, -0.25) is 4.79 Å². The van der Waals surface area contributed by atoms with Crippen molar-refractivity contribution in [1.82, 2.24) is 4.98 Å². The Morgan fingerprint density at radius 2 is 1.78 bits per heavy atom. The van der Waals surface area contributed by atoms with Gasteiger partial charge in [0.2, 0.25) is 5.91 Å². The number of nitrogens with one attached hydrogen (secondary N) is 1. The molecule has 2 aliphatic heterocycles. The summed E-state index contributed by atoms with van der Waals surface area (Å²) >= 11 is 1.48. The Morgan fingerprint density at radius 1 is 1.03 bits per heavy atom. The average Bonchev–Trinajstić information content (AvgIpc) is 3.53. The fourth-order valence-corrected chi connectivity index (χ4v) is 4.76. The second-order valence-electron chi connectivity index (χ2n) is 7.75. The van der Waals surface area contributed by atoms with E-state index in [1.54, 1.807) is 6.26 Å². The van der Waals surface area contributed by atoms with Crippen LogP contribution >= 0.6 is 11.3 Å². The van der Waals surface area contributed by atoms with Crippen molar-refractivity contribution in [3.05, 3.63) is 47.7 Å². The Kier molecular flexibility index (Phi) is 6.38. The Hall–Kier alpha value is -2.88. The van der Waals surface area contributed by atoms with E-state index < -0.39 is 0 Å². The van der Waals surface area contributed by atoms with Crippen LogP contribution in [0.15, 0.2) is 46.4 Å². The molecule has 0 bridgehead atoms. The first-order chi connectivity index (χ1) is 15.8. The number of ether oxygens (including phenoxy) is 2. The van der Waals surface area contributed by atoms with Gasteiger partial charge in [-0.15, -0.1) is 11.3 Å². The lowest BCUT2D eigenvalue weighted by molar-refractivity contribution is -0.115. The van der Waals surface area contributed by atoms with Crippen LogP contribution in [0.1, 0.15) is 5.69 Å². The number of nitrogens with zero attached hydrogens (tertiary/aromatic N) is 3. The minimum absolute atomic E-state index is 0.0880. The topological polar surface area (TPSA) is 80.1 Å². The molecule has 32 heavy (non-hydrogen) atoms. The van der Waals surface area contributed by atoms with Crippen molar-refractivity contribution in [3.8, 4) is 10.8 Å². The Morgan fingerprint density at radius 3 is 2.50 bits per heavy atom. The van der Waals surface area contributed by atoms with Gasteiger partial charge in [0.1, 0.15) is 0 Å². The lowest BCUT2D eigenvalue weighted by atomic mass is 10.1. The molecule has 5 rings (SSSR count). The van der Waals surface area contributed by atoms with Gasteiger partial charge in [0.25, 0.3) is 0 Å². The summed E-state index contributed by atoms with van der Waals surface area (Å²) in [6.07, 6.45) is 1.84. The van der Waals surface area contributed by atoms with Crippen molar-refractivity contribution in [2.24, 2.45) is 0 Å². The first kappa shape index (κ1) is 21.0. The second-order valence-corrected chi connectivity index (χ2v) is 8.60. The minimum atomic E-state index is -0.0880. The van der Waals surface area contributed by atoms with Crippen LogP contribution in [0.5, 0.6) is 0 Å². The van der Waals surface area contributed by atoms with Crippen LogP contribution in [0.25, 0.3) is 10.8 Å². The fourth-order valence-electron chi connectivity index (χ4n) is 3.97. The molecule has 9 heteroatoms. The van der Waals surface area contributed by atoms with Gasteiger partial charge in [-0.1, -0.05) is 0 Å². The summed E-state index contributed by atoms with van der Waals surface area (Å²) in [5.41, 5.74) is 3.72. The molecular weight excluding hydrogens is 428 g/mol. The highest BCUT2D eigenvalue weighted by molar-refractivity contribution is 7.13. The van der Waals surface area contributed by atoms with Crippen LogP contribution in [-0.2, 0) is 20.7 Å². The first-order valence-corrected chi connectivity index (χ1v) is 11.7. The molecule has 2 saturated heterocycles. The van der Waals surface area contributed by atoms with Gasteiger partial charge in [-0.05, 0) is 30.3 Å².